The lowest BCUT2D eigenvalue weighted by atomic mass is 10.1. The second-order valence-corrected chi connectivity index (χ2v) is 6.05. The van der Waals surface area contributed by atoms with Crippen molar-refractivity contribution in [3.05, 3.63) is 12.2 Å². The summed E-state index contributed by atoms with van der Waals surface area (Å²) < 4.78 is 5.67. The molecule has 1 N–H and O–H groups in total. The molecule has 0 radical (unpaired) electrons. The van der Waals surface area contributed by atoms with Crippen LogP contribution in [0.25, 0.3) is 0 Å². The molecular weight excluding hydrogens is 248 g/mol. The summed E-state index contributed by atoms with van der Waals surface area (Å²) in [5.74, 6) is 0. The molecule has 1 aliphatic heterocycles. The summed E-state index contributed by atoms with van der Waals surface area (Å²) in [4.78, 5) is 0. The third kappa shape index (κ3) is 9.55. The van der Waals surface area contributed by atoms with Crippen LogP contribution in [0.15, 0.2) is 12.2 Å². The SMILES string of the molecule is CCCCC[C@H]1O[C@H]1C/C=C\CCCCCCCCO. The van der Waals surface area contributed by atoms with Crippen LogP contribution in [0, 0.1) is 0 Å². The Morgan fingerprint density at radius 1 is 0.850 bits per heavy atom. The zero-order chi connectivity index (χ0) is 14.5. The molecule has 0 spiro atoms. The van der Waals surface area contributed by atoms with Gasteiger partial charge in [0.25, 0.3) is 0 Å². The molecule has 1 heterocycles. The molecule has 2 nitrogen and oxygen atoms in total. The van der Waals surface area contributed by atoms with E-state index in [1.165, 1.54) is 64.2 Å². The van der Waals surface area contributed by atoms with Crippen molar-refractivity contribution in [3.63, 3.8) is 0 Å². The summed E-state index contributed by atoms with van der Waals surface area (Å²) in [5.41, 5.74) is 0. The van der Waals surface area contributed by atoms with Crippen LogP contribution in [-0.2, 0) is 4.74 Å². The molecule has 1 rings (SSSR count). The molecule has 2 atom stereocenters. The Kier molecular flexibility index (Phi) is 11.0. The molecule has 2 heteroatoms. The molecule has 1 fully saturated rings. The fourth-order valence-electron chi connectivity index (χ4n) is 2.67. The van der Waals surface area contributed by atoms with Crippen LogP contribution in [0.3, 0.4) is 0 Å². The second-order valence-electron chi connectivity index (χ2n) is 6.05. The summed E-state index contributed by atoms with van der Waals surface area (Å²) in [7, 11) is 0. The van der Waals surface area contributed by atoms with Gasteiger partial charge in [0.1, 0.15) is 0 Å². The molecule has 1 aliphatic rings. The number of rotatable bonds is 14. The van der Waals surface area contributed by atoms with Crippen LogP contribution in [0.5, 0.6) is 0 Å². The zero-order valence-corrected chi connectivity index (χ0v) is 13.4. The van der Waals surface area contributed by atoms with Crippen LogP contribution < -0.4 is 0 Å². The highest BCUT2D eigenvalue weighted by atomic mass is 16.6. The van der Waals surface area contributed by atoms with Crippen molar-refractivity contribution in [2.24, 2.45) is 0 Å². The molecule has 118 valence electrons. The molecule has 0 bridgehead atoms. The predicted molar refractivity (Wildman–Crippen MR) is 86.0 cm³/mol. The summed E-state index contributed by atoms with van der Waals surface area (Å²) in [6.07, 6.45) is 20.7. The second kappa shape index (κ2) is 12.4. The number of unbranched alkanes of at least 4 members (excludes halogenated alkanes) is 8. The summed E-state index contributed by atoms with van der Waals surface area (Å²) in [5, 5.41) is 8.68. The molecule has 0 aromatic heterocycles. The van der Waals surface area contributed by atoms with E-state index in [2.05, 4.69) is 19.1 Å². The number of hydrogen-bond donors (Lipinski definition) is 1. The van der Waals surface area contributed by atoms with Gasteiger partial charge >= 0.3 is 0 Å². The number of allylic oxidation sites excluding steroid dienone is 1. The Labute approximate surface area is 125 Å². The number of aliphatic hydroxyl groups excluding tert-OH is 1. The van der Waals surface area contributed by atoms with Gasteiger partial charge in [-0.2, -0.15) is 0 Å². The highest BCUT2D eigenvalue weighted by molar-refractivity contribution is 4.93. The van der Waals surface area contributed by atoms with Crippen molar-refractivity contribution < 1.29 is 9.84 Å². The molecule has 0 aliphatic carbocycles. The normalized spacial score (nSPS) is 21.7. The van der Waals surface area contributed by atoms with E-state index in [0.717, 1.165) is 12.8 Å². The van der Waals surface area contributed by atoms with Gasteiger partial charge in [0, 0.05) is 6.61 Å². The van der Waals surface area contributed by atoms with Gasteiger partial charge in [0.15, 0.2) is 0 Å². The van der Waals surface area contributed by atoms with Crippen LogP contribution in [0.4, 0.5) is 0 Å². The van der Waals surface area contributed by atoms with Gasteiger partial charge in [-0.1, -0.05) is 64.0 Å². The average molecular weight is 282 g/mol. The van der Waals surface area contributed by atoms with Crippen LogP contribution in [0.2, 0.25) is 0 Å². The Morgan fingerprint density at radius 3 is 2.35 bits per heavy atom. The monoisotopic (exact) mass is 282 g/mol. The lowest BCUT2D eigenvalue weighted by molar-refractivity contribution is 0.282. The van der Waals surface area contributed by atoms with E-state index >= 15 is 0 Å². The first-order valence-electron chi connectivity index (χ1n) is 8.79. The summed E-state index contributed by atoms with van der Waals surface area (Å²) in [6.45, 7) is 2.60. The minimum atomic E-state index is 0.353. The molecule has 0 amide bonds. The predicted octanol–water partition coefficient (Wildman–Crippen LogP) is 5.00. The molecule has 0 aromatic rings. The van der Waals surface area contributed by atoms with Gasteiger partial charge in [-0.05, 0) is 32.1 Å². The Hall–Kier alpha value is -0.340. The standard InChI is InChI=1S/C18H34O2/c1-2-3-11-14-17-18(20-17)15-12-9-7-5-4-6-8-10-13-16-19/h9,12,17-19H,2-8,10-11,13-16H2,1H3/b12-9-/t17-,18+/m1/s1. The van der Waals surface area contributed by atoms with Crippen molar-refractivity contribution >= 4 is 0 Å². The highest BCUT2D eigenvalue weighted by Gasteiger charge is 2.36. The maximum absolute atomic E-state index is 8.68. The molecule has 20 heavy (non-hydrogen) atoms. The Balaban J connectivity index is 1.79. The average Bonchev–Trinajstić information content (AvgIpc) is 3.20. The quantitative estimate of drug-likeness (QED) is 0.276. The van der Waals surface area contributed by atoms with Crippen LogP contribution >= 0.6 is 0 Å². The minimum absolute atomic E-state index is 0.353. The van der Waals surface area contributed by atoms with Crippen LogP contribution in [-0.4, -0.2) is 23.9 Å². The molecule has 0 aromatic carbocycles. The third-order valence-electron chi connectivity index (χ3n) is 4.09. The van der Waals surface area contributed by atoms with Crippen molar-refractivity contribution in [1.29, 1.82) is 0 Å². The van der Waals surface area contributed by atoms with Crippen molar-refractivity contribution in [2.75, 3.05) is 6.61 Å². The Bertz CT molecular complexity index is 238. The number of ether oxygens (including phenoxy) is 1. The Morgan fingerprint density at radius 2 is 1.60 bits per heavy atom. The third-order valence-corrected chi connectivity index (χ3v) is 4.09. The van der Waals surface area contributed by atoms with Gasteiger partial charge in [0.2, 0.25) is 0 Å². The maximum atomic E-state index is 8.68. The highest BCUT2D eigenvalue weighted by Crippen LogP contribution is 2.30. The first-order valence-corrected chi connectivity index (χ1v) is 8.79. The summed E-state index contributed by atoms with van der Waals surface area (Å²) >= 11 is 0. The van der Waals surface area contributed by atoms with Gasteiger partial charge in [-0.15, -0.1) is 0 Å². The van der Waals surface area contributed by atoms with Gasteiger partial charge in [-0.3, -0.25) is 0 Å². The van der Waals surface area contributed by atoms with Gasteiger partial charge < -0.3 is 9.84 Å². The molecular formula is C18H34O2. The van der Waals surface area contributed by atoms with E-state index in [1.807, 2.05) is 0 Å². The van der Waals surface area contributed by atoms with Crippen molar-refractivity contribution in [1.82, 2.24) is 0 Å². The first kappa shape index (κ1) is 17.7. The molecule has 0 unspecified atom stereocenters. The molecule has 0 saturated carbocycles. The topological polar surface area (TPSA) is 32.8 Å². The van der Waals surface area contributed by atoms with Gasteiger partial charge in [0.05, 0.1) is 12.2 Å². The smallest absolute Gasteiger partial charge is 0.0876 e. The molecule has 1 saturated heterocycles. The van der Waals surface area contributed by atoms with E-state index in [0.29, 0.717) is 18.8 Å². The zero-order valence-electron chi connectivity index (χ0n) is 13.4. The number of epoxide rings is 1. The summed E-state index contributed by atoms with van der Waals surface area (Å²) in [6, 6.07) is 0. The van der Waals surface area contributed by atoms with Gasteiger partial charge in [-0.25, -0.2) is 0 Å². The number of hydrogen-bond acceptors (Lipinski definition) is 2. The van der Waals surface area contributed by atoms with E-state index in [-0.39, 0.29) is 0 Å². The largest absolute Gasteiger partial charge is 0.396 e. The lowest BCUT2D eigenvalue weighted by Gasteiger charge is -1.98. The van der Waals surface area contributed by atoms with E-state index < -0.39 is 0 Å². The number of aliphatic hydroxyl groups is 1. The maximum Gasteiger partial charge on any atom is 0.0876 e. The van der Waals surface area contributed by atoms with E-state index in [1.54, 1.807) is 0 Å². The fraction of sp³-hybridized carbons (Fsp3) is 0.889. The van der Waals surface area contributed by atoms with E-state index in [4.69, 9.17) is 9.84 Å². The van der Waals surface area contributed by atoms with E-state index in [9.17, 15) is 0 Å². The van der Waals surface area contributed by atoms with Crippen LogP contribution in [0.1, 0.15) is 84.0 Å². The van der Waals surface area contributed by atoms with Crippen molar-refractivity contribution in [3.8, 4) is 0 Å². The first-order chi connectivity index (χ1) is 9.88. The van der Waals surface area contributed by atoms with Crippen molar-refractivity contribution in [2.45, 2.75) is 96.2 Å². The fourth-order valence-corrected chi connectivity index (χ4v) is 2.67. The minimum Gasteiger partial charge on any atom is -0.396 e. The lowest BCUT2D eigenvalue weighted by Crippen LogP contribution is -1.92.